The Hall–Kier alpha value is -4.43. The van der Waals surface area contributed by atoms with Crippen LogP contribution in [0, 0.1) is 24.0 Å². The number of amidine groups is 1. The molecule has 184 valence electrons. The van der Waals surface area contributed by atoms with Crippen molar-refractivity contribution in [3.8, 4) is 11.3 Å². The number of non-ortho nitro benzene ring substituents is 1. The zero-order valence-corrected chi connectivity index (χ0v) is 21.1. The average Bonchev–Trinajstić information content (AvgIpc) is 3.46. The first kappa shape index (κ1) is 24.3. The van der Waals surface area contributed by atoms with E-state index in [1.54, 1.807) is 36.1 Å². The van der Waals surface area contributed by atoms with Gasteiger partial charge in [0.1, 0.15) is 11.5 Å². The predicted molar refractivity (Wildman–Crippen MR) is 146 cm³/mol. The number of hydrogen-bond donors (Lipinski definition) is 0. The molecule has 0 aliphatic carbocycles. The molecule has 4 aromatic rings. The number of rotatable bonds is 6. The van der Waals surface area contributed by atoms with E-state index < -0.39 is 4.92 Å². The standard InChI is InChI=1S/C29H23N3O4S/c1-19-8-10-22(11-9-19)30-29-31(18-21-6-4-3-5-7-21)28(33)27(37-29)17-24-13-15-26(36-24)25-14-12-23(32(34)35)16-20(25)2/h3-17H,18H2,1-2H3/b27-17+,30-29?. The van der Waals surface area contributed by atoms with Crippen LogP contribution in [0.3, 0.4) is 0 Å². The molecule has 0 radical (unpaired) electrons. The number of aryl methyl sites for hydroxylation is 2. The molecular formula is C29H23N3O4S. The Kier molecular flexibility index (Phi) is 6.74. The van der Waals surface area contributed by atoms with Gasteiger partial charge < -0.3 is 4.42 Å². The van der Waals surface area contributed by atoms with E-state index in [2.05, 4.69) is 0 Å². The average molecular weight is 510 g/mol. The first-order valence-corrected chi connectivity index (χ1v) is 12.4. The number of amides is 1. The van der Waals surface area contributed by atoms with Crippen LogP contribution in [-0.4, -0.2) is 20.9 Å². The van der Waals surface area contributed by atoms with Crippen LogP contribution >= 0.6 is 11.8 Å². The molecule has 8 heteroatoms. The Balaban J connectivity index is 1.45. The first-order chi connectivity index (χ1) is 17.9. The van der Waals surface area contributed by atoms with Gasteiger partial charge in [0.05, 0.1) is 22.1 Å². The summed E-state index contributed by atoms with van der Waals surface area (Å²) < 4.78 is 6.01. The molecule has 2 heterocycles. The number of carbonyl (C=O) groups is 1. The normalized spacial score (nSPS) is 15.6. The van der Waals surface area contributed by atoms with Gasteiger partial charge in [0.25, 0.3) is 11.6 Å². The molecule has 37 heavy (non-hydrogen) atoms. The van der Waals surface area contributed by atoms with Gasteiger partial charge in [-0.1, -0.05) is 48.0 Å². The van der Waals surface area contributed by atoms with Gasteiger partial charge in [-0.05, 0) is 67.1 Å². The minimum Gasteiger partial charge on any atom is -0.457 e. The van der Waals surface area contributed by atoms with Crippen LogP contribution in [-0.2, 0) is 11.3 Å². The number of nitrogens with zero attached hydrogens (tertiary/aromatic N) is 3. The molecule has 0 bridgehead atoms. The third kappa shape index (κ3) is 5.39. The van der Waals surface area contributed by atoms with Gasteiger partial charge in [-0.2, -0.15) is 0 Å². The number of furan rings is 1. The van der Waals surface area contributed by atoms with Crippen molar-refractivity contribution in [1.82, 2.24) is 4.90 Å². The van der Waals surface area contributed by atoms with E-state index in [0.29, 0.717) is 28.1 Å². The molecule has 1 aliphatic heterocycles. The van der Waals surface area contributed by atoms with Crippen molar-refractivity contribution in [2.45, 2.75) is 20.4 Å². The van der Waals surface area contributed by atoms with Crippen LogP contribution in [0.2, 0.25) is 0 Å². The second-order valence-corrected chi connectivity index (χ2v) is 9.68. The lowest BCUT2D eigenvalue weighted by atomic mass is 10.1. The maximum absolute atomic E-state index is 13.5. The van der Waals surface area contributed by atoms with Crippen molar-refractivity contribution in [3.05, 3.63) is 122 Å². The minimum atomic E-state index is -0.422. The summed E-state index contributed by atoms with van der Waals surface area (Å²) in [6.07, 6.45) is 1.72. The summed E-state index contributed by atoms with van der Waals surface area (Å²) >= 11 is 1.31. The second kappa shape index (κ2) is 10.3. The van der Waals surface area contributed by atoms with E-state index in [9.17, 15) is 14.9 Å². The molecule has 1 aromatic heterocycles. The van der Waals surface area contributed by atoms with Crippen LogP contribution in [0.4, 0.5) is 11.4 Å². The van der Waals surface area contributed by atoms with E-state index >= 15 is 0 Å². The lowest BCUT2D eigenvalue weighted by Crippen LogP contribution is -2.28. The Morgan fingerprint density at radius 3 is 2.46 bits per heavy atom. The molecule has 0 spiro atoms. The highest BCUT2D eigenvalue weighted by molar-refractivity contribution is 8.18. The van der Waals surface area contributed by atoms with Gasteiger partial charge in [-0.25, -0.2) is 4.99 Å². The maximum Gasteiger partial charge on any atom is 0.269 e. The summed E-state index contributed by atoms with van der Waals surface area (Å²) in [5.41, 5.74) is 4.43. The summed E-state index contributed by atoms with van der Waals surface area (Å²) in [4.78, 5) is 31.0. The fraction of sp³-hybridized carbons (Fsp3) is 0.103. The highest BCUT2D eigenvalue weighted by Gasteiger charge is 2.33. The minimum absolute atomic E-state index is 0.0296. The van der Waals surface area contributed by atoms with Crippen LogP contribution in [0.25, 0.3) is 17.4 Å². The quantitative estimate of drug-likeness (QED) is 0.155. The van der Waals surface area contributed by atoms with E-state index in [0.717, 1.165) is 27.9 Å². The lowest BCUT2D eigenvalue weighted by Gasteiger charge is -2.15. The molecule has 1 saturated heterocycles. The number of nitro groups is 1. The van der Waals surface area contributed by atoms with Crippen molar-refractivity contribution < 1.29 is 14.1 Å². The second-order valence-electron chi connectivity index (χ2n) is 8.68. The third-order valence-electron chi connectivity index (χ3n) is 5.92. The Morgan fingerprint density at radius 1 is 1.00 bits per heavy atom. The third-order valence-corrected chi connectivity index (χ3v) is 6.92. The van der Waals surface area contributed by atoms with Crippen molar-refractivity contribution in [1.29, 1.82) is 0 Å². The Morgan fingerprint density at radius 2 is 1.76 bits per heavy atom. The molecule has 1 fully saturated rings. The van der Waals surface area contributed by atoms with Crippen LogP contribution in [0.5, 0.6) is 0 Å². The highest BCUT2D eigenvalue weighted by atomic mass is 32.2. The van der Waals surface area contributed by atoms with Gasteiger partial charge in [0.2, 0.25) is 0 Å². The van der Waals surface area contributed by atoms with Crippen molar-refractivity contribution in [2.24, 2.45) is 4.99 Å². The van der Waals surface area contributed by atoms with Crippen molar-refractivity contribution >= 4 is 40.3 Å². The number of benzene rings is 3. The molecule has 3 aromatic carbocycles. The lowest BCUT2D eigenvalue weighted by molar-refractivity contribution is -0.384. The summed E-state index contributed by atoms with van der Waals surface area (Å²) in [7, 11) is 0. The number of thioether (sulfide) groups is 1. The van der Waals surface area contributed by atoms with Gasteiger partial charge >= 0.3 is 0 Å². The molecule has 0 unspecified atom stereocenters. The van der Waals surface area contributed by atoms with E-state index in [-0.39, 0.29) is 11.6 Å². The molecule has 0 N–H and O–H groups in total. The SMILES string of the molecule is Cc1ccc(N=C2S/C(=C/c3ccc(-c4ccc([N+](=O)[O-])cc4C)o3)C(=O)N2Cc2ccccc2)cc1. The molecule has 5 rings (SSSR count). The van der Waals surface area contributed by atoms with E-state index in [1.165, 1.54) is 23.9 Å². The van der Waals surface area contributed by atoms with Gasteiger partial charge in [-0.15, -0.1) is 0 Å². The monoisotopic (exact) mass is 509 g/mol. The number of aliphatic imine (C=N–C) groups is 1. The summed E-state index contributed by atoms with van der Waals surface area (Å²) in [6, 6.07) is 25.9. The summed E-state index contributed by atoms with van der Waals surface area (Å²) in [5, 5.41) is 11.7. The smallest absolute Gasteiger partial charge is 0.269 e. The van der Waals surface area contributed by atoms with E-state index in [4.69, 9.17) is 9.41 Å². The zero-order valence-electron chi connectivity index (χ0n) is 20.3. The Labute approximate surface area is 218 Å². The van der Waals surface area contributed by atoms with E-state index in [1.807, 2.05) is 61.5 Å². The van der Waals surface area contributed by atoms with Crippen molar-refractivity contribution in [2.75, 3.05) is 0 Å². The van der Waals surface area contributed by atoms with Crippen LogP contribution < -0.4 is 0 Å². The molecule has 7 nitrogen and oxygen atoms in total. The fourth-order valence-corrected chi connectivity index (χ4v) is 4.95. The van der Waals surface area contributed by atoms with Gasteiger partial charge in [0.15, 0.2) is 5.17 Å². The molecular weight excluding hydrogens is 486 g/mol. The topological polar surface area (TPSA) is 89.0 Å². The number of hydrogen-bond acceptors (Lipinski definition) is 6. The van der Waals surface area contributed by atoms with Crippen molar-refractivity contribution in [3.63, 3.8) is 0 Å². The number of nitro benzene ring substituents is 1. The van der Waals surface area contributed by atoms with Gasteiger partial charge in [0, 0.05) is 23.8 Å². The molecule has 1 aliphatic rings. The predicted octanol–water partition coefficient (Wildman–Crippen LogP) is 7.28. The zero-order chi connectivity index (χ0) is 25.9. The summed E-state index contributed by atoms with van der Waals surface area (Å²) in [5.74, 6) is 0.938. The molecule has 0 atom stereocenters. The van der Waals surface area contributed by atoms with Gasteiger partial charge in [-0.3, -0.25) is 19.8 Å². The Bertz CT molecular complexity index is 1540. The molecule has 0 saturated carbocycles. The molecule has 1 amide bonds. The van der Waals surface area contributed by atoms with Crippen LogP contribution in [0.15, 0.2) is 99.2 Å². The first-order valence-electron chi connectivity index (χ1n) is 11.6. The highest BCUT2D eigenvalue weighted by Crippen LogP contribution is 2.36. The maximum atomic E-state index is 13.5. The summed E-state index contributed by atoms with van der Waals surface area (Å²) in [6.45, 7) is 4.22. The number of carbonyl (C=O) groups excluding carboxylic acids is 1. The fourth-order valence-electron chi connectivity index (χ4n) is 3.97. The largest absolute Gasteiger partial charge is 0.457 e. The van der Waals surface area contributed by atoms with Crippen LogP contribution in [0.1, 0.15) is 22.5 Å².